The summed E-state index contributed by atoms with van der Waals surface area (Å²) >= 11 is 7.98. The fraction of sp³-hybridized carbons (Fsp3) is 0.158. The molecule has 1 atom stereocenters. The highest BCUT2D eigenvalue weighted by Gasteiger charge is 2.30. The molecule has 126 valence electrons. The minimum absolute atomic E-state index is 0.0297. The highest BCUT2D eigenvalue weighted by atomic mass is 35.5. The van der Waals surface area contributed by atoms with Crippen molar-refractivity contribution in [1.29, 1.82) is 0 Å². The number of nitrogens with one attached hydrogen (secondary N) is 1. The van der Waals surface area contributed by atoms with E-state index in [-0.39, 0.29) is 11.2 Å². The molecule has 0 radical (unpaired) electrons. The van der Waals surface area contributed by atoms with Crippen LogP contribution in [0.3, 0.4) is 0 Å². The molecule has 0 fully saturated rings. The Morgan fingerprint density at radius 2 is 1.88 bits per heavy atom. The van der Waals surface area contributed by atoms with Crippen molar-refractivity contribution < 1.29 is 4.79 Å². The van der Waals surface area contributed by atoms with Crippen LogP contribution < -0.4 is 5.32 Å². The van der Waals surface area contributed by atoms with E-state index in [0.717, 1.165) is 22.5 Å². The zero-order valence-corrected chi connectivity index (χ0v) is 15.1. The number of aryl methyl sites for hydroxylation is 1. The molecule has 25 heavy (non-hydrogen) atoms. The van der Waals surface area contributed by atoms with Gasteiger partial charge in [0.1, 0.15) is 5.82 Å². The number of thioether (sulfide) groups is 1. The SMILES string of the molecule is Cc1nn(-c2ccccc2Cl)c2c1C(c1ccccc1)SCC(=O)N2. The molecule has 6 heteroatoms. The number of anilines is 1. The number of halogens is 1. The average Bonchev–Trinajstić information content (AvgIpc) is 2.82. The monoisotopic (exact) mass is 369 g/mol. The number of benzene rings is 2. The summed E-state index contributed by atoms with van der Waals surface area (Å²) in [5, 5.41) is 8.34. The van der Waals surface area contributed by atoms with Crippen LogP contribution in [-0.4, -0.2) is 21.4 Å². The molecule has 2 aromatic carbocycles. The second kappa shape index (κ2) is 6.58. The van der Waals surface area contributed by atoms with Crippen molar-refractivity contribution in [2.24, 2.45) is 0 Å². The molecule has 3 aromatic rings. The number of para-hydroxylation sites is 1. The molecule has 1 amide bonds. The van der Waals surface area contributed by atoms with Gasteiger partial charge in [0, 0.05) is 5.56 Å². The van der Waals surface area contributed by atoms with Gasteiger partial charge in [-0.25, -0.2) is 4.68 Å². The largest absolute Gasteiger partial charge is 0.310 e. The topological polar surface area (TPSA) is 46.9 Å². The minimum atomic E-state index is -0.0297. The summed E-state index contributed by atoms with van der Waals surface area (Å²) in [5.74, 6) is 1.07. The molecule has 1 aromatic heterocycles. The zero-order chi connectivity index (χ0) is 17.4. The third kappa shape index (κ3) is 2.94. The second-order valence-corrected chi connectivity index (χ2v) is 7.36. The smallest absolute Gasteiger partial charge is 0.235 e. The van der Waals surface area contributed by atoms with Gasteiger partial charge in [-0.05, 0) is 24.6 Å². The number of aromatic nitrogens is 2. The number of nitrogens with zero attached hydrogens (tertiary/aromatic N) is 2. The molecule has 0 saturated heterocycles. The standard InChI is InChI=1S/C19H16ClN3OS/c1-12-17-18(13-7-3-2-4-8-13)25-11-16(24)21-19(17)23(22-12)15-10-6-5-9-14(15)20/h2-10,18H,11H2,1H3,(H,21,24). The molecular weight excluding hydrogens is 354 g/mol. The van der Waals surface area contributed by atoms with Crippen molar-refractivity contribution in [3.8, 4) is 5.69 Å². The molecule has 0 spiro atoms. The predicted molar refractivity (Wildman–Crippen MR) is 103 cm³/mol. The molecule has 0 aliphatic carbocycles. The Bertz CT molecular complexity index is 939. The van der Waals surface area contributed by atoms with Crippen molar-refractivity contribution >= 4 is 35.1 Å². The Kier molecular flexibility index (Phi) is 4.27. The lowest BCUT2D eigenvalue weighted by Gasteiger charge is -2.15. The van der Waals surface area contributed by atoms with E-state index in [9.17, 15) is 4.79 Å². The van der Waals surface area contributed by atoms with Gasteiger partial charge >= 0.3 is 0 Å². The van der Waals surface area contributed by atoms with E-state index in [2.05, 4.69) is 22.5 Å². The molecule has 0 saturated carbocycles. The van der Waals surface area contributed by atoms with E-state index in [1.54, 1.807) is 16.4 Å². The maximum atomic E-state index is 12.3. The van der Waals surface area contributed by atoms with Crippen LogP contribution in [0.25, 0.3) is 5.69 Å². The van der Waals surface area contributed by atoms with E-state index in [0.29, 0.717) is 16.6 Å². The van der Waals surface area contributed by atoms with E-state index in [1.807, 2.05) is 49.4 Å². The van der Waals surface area contributed by atoms with Gasteiger partial charge in [0.25, 0.3) is 0 Å². The second-order valence-electron chi connectivity index (χ2n) is 5.86. The van der Waals surface area contributed by atoms with Crippen molar-refractivity contribution in [1.82, 2.24) is 9.78 Å². The number of hydrogen-bond donors (Lipinski definition) is 1. The number of carbonyl (C=O) groups excluding carboxylic acids is 1. The minimum Gasteiger partial charge on any atom is -0.310 e. The summed E-state index contributed by atoms with van der Waals surface area (Å²) < 4.78 is 1.74. The van der Waals surface area contributed by atoms with Crippen LogP contribution in [0.4, 0.5) is 5.82 Å². The Balaban J connectivity index is 1.93. The molecule has 1 unspecified atom stereocenters. The van der Waals surface area contributed by atoms with Gasteiger partial charge in [-0.15, -0.1) is 11.8 Å². The van der Waals surface area contributed by atoms with Crippen LogP contribution in [0.5, 0.6) is 0 Å². The first-order valence-corrected chi connectivity index (χ1v) is 9.38. The van der Waals surface area contributed by atoms with E-state index in [1.165, 1.54) is 0 Å². The molecule has 1 aliphatic heterocycles. The van der Waals surface area contributed by atoms with Gasteiger partial charge in [0.2, 0.25) is 5.91 Å². The maximum Gasteiger partial charge on any atom is 0.235 e. The molecule has 1 N–H and O–H groups in total. The van der Waals surface area contributed by atoms with E-state index >= 15 is 0 Å². The van der Waals surface area contributed by atoms with Gasteiger partial charge in [-0.3, -0.25) is 4.79 Å². The number of carbonyl (C=O) groups is 1. The molecule has 4 nitrogen and oxygen atoms in total. The molecule has 1 aliphatic rings. The van der Waals surface area contributed by atoms with E-state index in [4.69, 9.17) is 11.6 Å². The predicted octanol–water partition coefficient (Wildman–Crippen LogP) is 4.61. The third-order valence-corrected chi connectivity index (χ3v) is 5.78. The van der Waals surface area contributed by atoms with Crippen LogP contribution in [0.2, 0.25) is 5.02 Å². The Hall–Kier alpha value is -2.24. The lowest BCUT2D eigenvalue weighted by Crippen LogP contribution is -2.16. The van der Waals surface area contributed by atoms with Crippen LogP contribution >= 0.6 is 23.4 Å². The van der Waals surface area contributed by atoms with Crippen LogP contribution in [0, 0.1) is 6.92 Å². The first kappa shape index (κ1) is 16.2. The summed E-state index contributed by atoms with van der Waals surface area (Å²) in [5.41, 5.74) is 3.83. The zero-order valence-electron chi connectivity index (χ0n) is 13.6. The summed E-state index contributed by atoms with van der Waals surface area (Å²) in [7, 11) is 0. The van der Waals surface area contributed by atoms with Crippen molar-refractivity contribution in [3.63, 3.8) is 0 Å². The summed E-state index contributed by atoms with van der Waals surface area (Å²) in [6, 6.07) is 17.7. The first-order chi connectivity index (χ1) is 12.1. The number of hydrogen-bond acceptors (Lipinski definition) is 3. The maximum absolute atomic E-state index is 12.3. The highest BCUT2D eigenvalue weighted by molar-refractivity contribution is 8.00. The fourth-order valence-corrected chi connectivity index (χ4v) is 4.48. The van der Waals surface area contributed by atoms with Gasteiger partial charge in [-0.1, -0.05) is 54.1 Å². The highest BCUT2D eigenvalue weighted by Crippen LogP contribution is 2.44. The van der Waals surface area contributed by atoms with Crippen molar-refractivity contribution in [3.05, 3.63) is 76.4 Å². The normalized spacial score (nSPS) is 16.9. The van der Waals surface area contributed by atoms with Crippen molar-refractivity contribution in [2.45, 2.75) is 12.2 Å². The van der Waals surface area contributed by atoms with E-state index < -0.39 is 0 Å². The first-order valence-electron chi connectivity index (χ1n) is 7.96. The van der Waals surface area contributed by atoms with Crippen molar-refractivity contribution in [2.75, 3.05) is 11.1 Å². The Labute approximate surface area is 155 Å². The van der Waals surface area contributed by atoms with Crippen LogP contribution in [0.15, 0.2) is 54.6 Å². The molecule has 4 rings (SSSR count). The van der Waals surface area contributed by atoms with Gasteiger partial charge in [-0.2, -0.15) is 5.10 Å². The lowest BCUT2D eigenvalue weighted by atomic mass is 10.0. The average molecular weight is 370 g/mol. The molecule has 0 bridgehead atoms. The third-order valence-electron chi connectivity index (χ3n) is 4.19. The number of fused-ring (bicyclic) bond motifs is 1. The molecule has 2 heterocycles. The number of rotatable bonds is 2. The van der Waals surface area contributed by atoms with Gasteiger partial charge in [0.05, 0.1) is 27.4 Å². The van der Waals surface area contributed by atoms with Gasteiger partial charge in [0.15, 0.2) is 0 Å². The quantitative estimate of drug-likeness (QED) is 0.717. The lowest BCUT2D eigenvalue weighted by molar-refractivity contribution is -0.113. The summed E-state index contributed by atoms with van der Waals surface area (Å²) in [6.45, 7) is 1.97. The fourth-order valence-electron chi connectivity index (χ4n) is 3.07. The summed E-state index contributed by atoms with van der Waals surface area (Å²) in [4.78, 5) is 12.3. The molecular formula is C19H16ClN3OS. The van der Waals surface area contributed by atoms with Crippen LogP contribution in [-0.2, 0) is 4.79 Å². The summed E-state index contributed by atoms with van der Waals surface area (Å²) in [6.07, 6.45) is 0. The Morgan fingerprint density at radius 1 is 1.16 bits per heavy atom. The number of amides is 1. The van der Waals surface area contributed by atoms with Gasteiger partial charge < -0.3 is 5.32 Å². The Morgan fingerprint density at radius 3 is 2.64 bits per heavy atom. The van der Waals surface area contributed by atoms with Crippen LogP contribution in [0.1, 0.15) is 22.1 Å².